The average Bonchev–Trinajstić information content (AvgIpc) is 3.24. The van der Waals surface area contributed by atoms with Gasteiger partial charge in [0.05, 0.1) is 13.4 Å². The van der Waals surface area contributed by atoms with E-state index in [4.69, 9.17) is 4.74 Å². The summed E-state index contributed by atoms with van der Waals surface area (Å²) in [4.78, 5) is 23.7. The van der Waals surface area contributed by atoms with Gasteiger partial charge in [0.1, 0.15) is 12.3 Å². The topological polar surface area (TPSA) is 53.8 Å². The molecule has 1 aliphatic rings. The van der Waals surface area contributed by atoms with Gasteiger partial charge in [0.2, 0.25) is 5.91 Å². The first kappa shape index (κ1) is 22.3. The molecular weight excluding hydrogens is 378 g/mol. The van der Waals surface area contributed by atoms with Crippen molar-refractivity contribution >= 4 is 5.91 Å². The zero-order chi connectivity index (χ0) is 21.3. The molecule has 7 nitrogen and oxygen atoms in total. The molecule has 0 radical (unpaired) electrons. The second-order valence-corrected chi connectivity index (χ2v) is 8.43. The number of para-hydroxylation sites is 1. The molecule has 1 aromatic carbocycles. The van der Waals surface area contributed by atoms with Crippen LogP contribution in [0.15, 0.2) is 43.0 Å². The first-order chi connectivity index (χ1) is 14.5. The van der Waals surface area contributed by atoms with Crippen molar-refractivity contribution in [2.45, 2.75) is 25.9 Å². The fourth-order valence-corrected chi connectivity index (χ4v) is 4.11. The summed E-state index contributed by atoms with van der Waals surface area (Å²) in [7, 11) is 5.83. The molecule has 164 valence electrons. The lowest BCUT2D eigenvalue weighted by Gasteiger charge is -2.36. The number of methoxy groups -OCH3 is 1. The van der Waals surface area contributed by atoms with Crippen molar-refractivity contribution in [3.8, 4) is 5.75 Å². The number of carbonyl (C=O) groups is 1. The third-order valence-corrected chi connectivity index (χ3v) is 5.72. The second-order valence-electron chi connectivity index (χ2n) is 8.43. The van der Waals surface area contributed by atoms with E-state index in [2.05, 4.69) is 26.9 Å². The normalized spacial score (nSPS) is 17.3. The predicted octanol–water partition coefficient (Wildman–Crippen LogP) is 2.19. The molecule has 0 bridgehead atoms. The summed E-state index contributed by atoms with van der Waals surface area (Å²) < 4.78 is 7.37. The monoisotopic (exact) mass is 413 g/mol. The van der Waals surface area contributed by atoms with Gasteiger partial charge in [-0.1, -0.05) is 18.2 Å². The van der Waals surface area contributed by atoms with Crippen molar-refractivity contribution in [1.82, 2.24) is 24.3 Å². The Morgan fingerprint density at radius 1 is 1.27 bits per heavy atom. The van der Waals surface area contributed by atoms with Gasteiger partial charge in [-0.15, -0.1) is 0 Å². The molecule has 3 rings (SSSR count). The quantitative estimate of drug-likeness (QED) is 0.598. The highest BCUT2D eigenvalue weighted by molar-refractivity contribution is 5.76. The van der Waals surface area contributed by atoms with E-state index in [9.17, 15) is 4.79 Å². The summed E-state index contributed by atoms with van der Waals surface area (Å²) in [5.74, 6) is 1.60. The average molecular weight is 414 g/mol. The first-order valence-electron chi connectivity index (χ1n) is 10.8. The number of rotatable bonds is 10. The molecule has 30 heavy (non-hydrogen) atoms. The second kappa shape index (κ2) is 11.1. The summed E-state index contributed by atoms with van der Waals surface area (Å²) in [5.41, 5.74) is 1.22. The Morgan fingerprint density at radius 3 is 2.83 bits per heavy atom. The minimum absolute atomic E-state index is 0.164. The van der Waals surface area contributed by atoms with Crippen LogP contribution in [0.4, 0.5) is 0 Å². The van der Waals surface area contributed by atoms with Gasteiger partial charge in [-0.2, -0.15) is 0 Å². The largest absolute Gasteiger partial charge is 0.496 e. The van der Waals surface area contributed by atoms with Gasteiger partial charge >= 0.3 is 0 Å². The van der Waals surface area contributed by atoms with Crippen LogP contribution < -0.4 is 4.74 Å². The maximum absolute atomic E-state index is 13.0. The Kier molecular flexibility index (Phi) is 8.28. The standard InChI is InChI=1S/C23H35N5O2/c1-25(2)13-14-28(23(29)18-27-12-10-24-19-27)16-20-7-6-11-26(15-20)17-21-8-4-5-9-22(21)30-3/h4-5,8-10,12,19-20H,6-7,11,13-18H2,1-3H3/t20-/m0/s1. The van der Waals surface area contributed by atoms with Gasteiger partial charge in [-0.25, -0.2) is 4.98 Å². The van der Waals surface area contributed by atoms with Crippen molar-refractivity contribution in [3.63, 3.8) is 0 Å². The third kappa shape index (κ3) is 6.57. The molecule has 1 amide bonds. The molecule has 0 aliphatic carbocycles. The summed E-state index contributed by atoms with van der Waals surface area (Å²) in [5, 5.41) is 0. The molecule has 2 aromatic rings. The lowest BCUT2D eigenvalue weighted by molar-refractivity contribution is -0.133. The molecule has 7 heteroatoms. The van der Waals surface area contributed by atoms with Crippen molar-refractivity contribution < 1.29 is 9.53 Å². The minimum Gasteiger partial charge on any atom is -0.496 e. The highest BCUT2D eigenvalue weighted by atomic mass is 16.5. The van der Waals surface area contributed by atoms with Gasteiger partial charge in [-0.05, 0) is 45.5 Å². The molecule has 0 saturated carbocycles. The van der Waals surface area contributed by atoms with Gasteiger partial charge < -0.3 is 19.1 Å². The van der Waals surface area contributed by atoms with Crippen molar-refractivity contribution in [2.75, 3.05) is 53.9 Å². The lowest BCUT2D eigenvalue weighted by atomic mass is 9.96. The highest BCUT2D eigenvalue weighted by Crippen LogP contribution is 2.24. The fraction of sp³-hybridized carbons (Fsp3) is 0.565. The van der Waals surface area contributed by atoms with E-state index in [0.29, 0.717) is 12.5 Å². The van der Waals surface area contributed by atoms with E-state index in [0.717, 1.165) is 51.4 Å². The van der Waals surface area contributed by atoms with Gasteiger partial charge in [0.15, 0.2) is 0 Å². The molecular formula is C23H35N5O2. The van der Waals surface area contributed by atoms with Crippen LogP contribution in [0.25, 0.3) is 0 Å². The SMILES string of the molecule is COc1ccccc1CN1CCC[C@H](CN(CCN(C)C)C(=O)Cn2ccnc2)C1. The molecule has 1 aromatic heterocycles. The Balaban J connectivity index is 1.60. The first-order valence-corrected chi connectivity index (χ1v) is 10.8. The van der Waals surface area contributed by atoms with Crippen LogP contribution in [0.5, 0.6) is 5.75 Å². The van der Waals surface area contributed by atoms with E-state index in [1.807, 2.05) is 41.9 Å². The van der Waals surface area contributed by atoms with Crippen LogP contribution in [-0.4, -0.2) is 84.1 Å². The zero-order valence-corrected chi connectivity index (χ0v) is 18.5. The Bertz CT molecular complexity index is 778. The number of amides is 1. The van der Waals surface area contributed by atoms with Gasteiger partial charge in [-0.3, -0.25) is 9.69 Å². The zero-order valence-electron chi connectivity index (χ0n) is 18.5. The van der Waals surface area contributed by atoms with Crippen LogP contribution in [0.2, 0.25) is 0 Å². The number of aromatic nitrogens is 2. The number of hydrogen-bond donors (Lipinski definition) is 0. The number of imidazole rings is 1. The van der Waals surface area contributed by atoms with Crippen molar-refractivity contribution in [2.24, 2.45) is 5.92 Å². The number of likely N-dealkylation sites (N-methyl/N-ethyl adjacent to an activating group) is 1. The van der Waals surface area contributed by atoms with Crippen LogP contribution >= 0.6 is 0 Å². The number of piperidine rings is 1. The van der Waals surface area contributed by atoms with Crippen LogP contribution in [-0.2, 0) is 17.9 Å². The van der Waals surface area contributed by atoms with Crippen LogP contribution in [0, 0.1) is 5.92 Å². The van der Waals surface area contributed by atoms with Crippen LogP contribution in [0.3, 0.4) is 0 Å². The van der Waals surface area contributed by atoms with Crippen LogP contribution in [0.1, 0.15) is 18.4 Å². The number of hydrogen-bond acceptors (Lipinski definition) is 5. The third-order valence-electron chi connectivity index (χ3n) is 5.72. The number of ether oxygens (including phenoxy) is 1. The lowest BCUT2D eigenvalue weighted by Crippen LogP contribution is -2.45. The van der Waals surface area contributed by atoms with Gasteiger partial charge in [0.25, 0.3) is 0 Å². The summed E-state index contributed by atoms with van der Waals surface area (Å²) >= 11 is 0. The van der Waals surface area contributed by atoms with E-state index in [1.54, 1.807) is 19.6 Å². The maximum atomic E-state index is 13.0. The number of nitrogens with zero attached hydrogens (tertiary/aromatic N) is 5. The summed E-state index contributed by atoms with van der Waals surface area (Å²) in [6.07, 6.45) is 7.60. The summed E-state index contributed by atoms with van der Waals surface area (Å²) in [6.45, 7) is 5.77. The van der Waals surface area contributed by atoms with E-state index < -0.39 is 0 Å². The molecule has 1 fully saturated rings. The molecule has 0 unspecified atom stereocenters. The molecule has 1 saturated heterocycles. The van der Waals surface area contributed by atoms with E-state index >= 15 is 0 Å². The van der Waals surface area contributed by atoms with E-state index in [1.165, 1.54) is 12.0 Å². The maximum Gasteiger partial charge on any atom is 0.242 e. The fourth-order valence-electron chi connectivity index (χ4n) is 4.11. The predicted molar refractivity (Wildman–Crippen MR) is 118 cm³/mol. The summed E-state index contributed by atoms with van der Waals surface area (Å²) in [6, 6.07) is 8.24. The van der Waals surface area contributed by atoms with Gasteiger partial charge in [0, 0.05) is 50.7 Å². The number of benzene rings is 1. The molecule has 0 spiro atoms. The van der Waals surface area contributed by atoms with Crippen molar-refractivity contribution in [3.05, 3.63) is 48.5 Å². The minimum atomic E-state index is 0.164. The Hall–Kier alpha value is -2.38. The molecule has 1 atom stereocenters. The highest BCUT2D eigenvalue weighted by Gasteiger charge is 2.25. The molecule has 2 heterocycles. The Labute approximate surface area is 180 Å². The van der Waals surface area contributed by atoms with E-state index in [-0.39, 0.29) is 5.91 Å². The Morgan fingerprint density at radius 2 is 2.10 bits per heavy atom. The van der Waals surface area contributed by atoms with Crippen molar-refractivity contribution in [1.29, 1.82) is 0 Å². The molecule has 0 N–H and O–H groups in total. The smallest absolute Gasteiger partial charge is 0.242 e. The number of carbonyl (C=O) groups excluding carboxylic acids is 1. The molecule has 1 aliphatic heterocycles. The number of likely N-dealkylation sites (tertiary alicyclic amines) is 1.